The van der Waals surface area contributed by atoms with E-state index < -0.39 is 0 Å². The van der Waals surface area contributed by atoms with Gasteiger partial charge >= 0.3 is 0 Å². The number of pyridine rings is 1. The van der Waals surface area contributed by atoms with E-state index in [2.05, 4.69) is 16.7 Å². The summed E-state index contributed by atoms with van der Waals surface area (Å²) in [6.45, 7) is 7.47. The van der Waals surface area contributed by atoms with Crippen LogP contribution in [0.5, 0.6) is 11.5 Å². The molecule has 0 bridgehead atoms. The van der Waals surface area contributed by atoms with Crippen molar-refractivity contribution in [3.05, 3.63) is 33.6 Å². The maximum absolute atomic E-state index is 13.1. The van der Waals surface area contributed by atoms with Crippen LogP contribution in [0, 0.1) is 0 Å². The highest BCUT2D eigenvalue weighted by molar-refractivity contribution is 5.87. The van der Waals surface area contributed by atoms with Crippen LogP contribution < -0.4 is 15.0 Å². The predicted octanol–water partition coefficient (Wildman–Crippen LogP) is 2.40. The van der Waals surface area contributed by atoms with E-state index in [0.717, 1.165) is 42.5 Å². The molecule has 152 valence electrons. The topological polar surface area (TPSA) is 46.9 Å². The third-order valence-electron chi connectivity index (χ3n) is 6.46. The fourth-order valence-corrected chi connectivity index (χ4v) is 4.84. The summed E-state index contributed by atoms with van der Waals surface area (Å²) < 4.78 is 12.7. The molecule has 2 aliphatic rings. The van der Waals surface area contributed by atoms with Crippen molar-refractivity contribution in [1.82, 2.24) is 14.4 Å². The Hall–Kier alpha value is -2.05. The van der Waals surface area contributed by atoms with Gasteiger partial charge in [0.25, 0.3) is 5.56 Å². The monoisotopic (exact) mass is 385 g/mol. The summed E-state index contributed by atoms with van der Waals surface area (Å²) in [5, 5.41) is 1.10. The van der Waals surface area contributed by atoms with Crippen LogP contribution in [-0.4, -0.2) is 60.8 Å². The van der Waals surface area contributed by atoms with Gasteiger partial charge in [-0.25, -0.2) is 0 Å². The molecule has 2 aliphatic heterocycles. The van der Waals surface area contributed by atoms with Gasteiger partial charge in [-0.3, -0.25) is 14.6 Å². The van der Waals surface area contributed by atoms with Crippen molar-refractivity contribution in [2.45, 2.75) is 38.8 Å². The molecule has 1 atom stereocenters. The van der Waals surface area contributed by atoms with E-state index in [1.165, 1.54) is 31.5 Å². The van der Waals surface area contributed by atoms with Gasteiger partial charge in [0, 0.05) is 49.7 Å². The molecule has 0 aliphatic carbocycles. The van der Waals surface area contributed by atoms with E-state index >= 15 is 0 Å². The van der Waals surface area contributed by atoms with Gasteiger partial charge in [0.1, 0.15) is 0 Å². The van der Waals surface area contributed by atoms with Crippen molar-refractivity contribution in [3.63, 3.8) is 0 Å². The van der Waals surface area contributed by atoms with Crippen molar-refractivity contribution in [2.24, 2.45) is 7.05 Å². The first kappa shape index (κ1) is 19.3. The van der Waals surface area contributed by atoms with E-state index in [4.69, 9.17) is 9.47 Å². The van der Waals surface area contributed by atoms with Crippen LogP contribution in [0.2, 0.25) is 0 Å². The molecule has 6 nitrogen and oxygen atoms in total. The number of ether oxygens (including phenoxy) is 2. The molecule has 0 amide bonds. The number of aryl methyl sites for hydroxylation is 1. The van der Waals surface area contributed by atoms with E-state index in [1.54, 1.807) is 18.8 Å². The van der Waals surface area contributed by atoms with Crippen molar-refractivity contribution in [2.75, 3.05) is 40.4 Å². The van der Waals surface area contributed by atoms with Crippen LogP contribution in [0.1, 0.15) is 30.9 Å². The molecular formula is C22H31N3O3. The zero-order valence-electron chi connectivity index (χ0n) is 17.5. The fraction of sp³-hybridized carbons (Fsp3) is 0.591. The summed E-state index contributed by atoms with van der Waals surface area (Å²) in [5.41, 5.74) is 3.11. The van der Waals surface area contributed by atoms with Gasteiger partial charge in [0.15, 0.2) is 11.5 Å². The summed E-state index contributed by atoms with van der Waals surface area (Å²) in [6, 6.07) is 4.48. The molecule has 0 spiro atoms. The van der Waals surface area contributed by atoms with E-state index in [0.29, 0.717) is 17.5 Å². The van der Waals surface area contributed by atoms with Crippen LogP contribution in [-0.2, 0) is 20.0 Å². The Labute approximate surface area is 166 Å². The fourth-order valence-electron chi connectivity index (χ4n) is 4.84. The molecule has 6 heteroatoms. The minimum absolute atomic E-state index is 0.105. The lowest BCUT2D eigenvalue weighted by Crippen LogP contribution is -2.44. The number of methoxy groups -OCH3 is 2. The first-order valence-corrected chi connectivity index (χ1v) is 10.3. The standard InChI is InChI=1S/C22H31N3O3/c1-15(25-8-5-6-9-25)13-24-10-7-16-17-11-20(27-3)21(28-4)12-19(17)23(2)22(26)18(16)14-24/h11-12,15H,5-10,13-14H2,1-4H3. The third-order valence-corrected chi connectivity index (χ3v) is 6.46. The molecule has 1 unspecified atom stereocenters. The Balaban J connectivity index is 1.68. The van der Waals surface area contributed by atoms with E-state index in [-0.39, 0.29) is 5.56 Å². The molecule has 0 N–H and O–H groups in total. The van der Waals surface area contributed by atoms with Crippen molar-refractivity contribution in [3.8, 4) is 11.5 Å². The van der Waals surface area contributed by atoms with Crippen molar-refractivity contribution in [1.29, 1.82) is 0 Å². The normalized spacial score (nSPS) is 19.0. The lowest BCUT2D eigenvalue weighted by Gasteiger charge is -2.34. The Morgan fingerprint density at radius 1 is 1.04 bits per heavy atom. The maximum Gasteiger partial charge on any atom is 0.255 e. The molecule has 1 aromatic carbocycles. The average molecular weight is 386 g/mol. The number of fused-ring (bicyclic) bond motifs is 3. The Morgan fingerprint density at radius 2 is 1.71 bits per heavy atom. The second-order valence-corrected chi connectivity index (χ2v) is 8.12. The summed E-state index contributed by atoms with van der Waals surface area (Å²) >= 11 is 0. The summed E-state index contributed by atoms with van der Waals surface area (Å²) in [5.74, 6) is 1.36. The summed E-state index contributed by atoms with van der Waals surface area (Å²) in [6.07, 6.45) is 3.51. The average Bonchev–Trinajstić information content (AvgIpc) is 3.26. The minimum atomic E-state index is 0.105. The second-order valence-electron chi connectivity index (χ2n) is 8.12. The summed E-state index contributed by atoms with van der Waals surface area (Å²) in [7, 11) is 5.13. The Morgan fingerprint density at radius 3 is 2.39 bits per heavy atom. The molecule has 3 heterocycles. The smallest absolute Gasteiger partial charge is 0.255 e. The molecule has 28 heavy (non-hydrogen) atoms. The van der Waals surface area contributed by atoms with Gasteiger partial charge < -0.3 is 14.0 Å². The molecule has 4 rings (SSSR count). The largest absolute Gasteiger partial charge is 0.493 e. The van der Waals surface area contributed by atoms with Gasteiger partial charge in [-0.1, -0.05) is 0 Å². The highest BCUT2D eigenvalue weighted by atomic mass is 16.5. The van der Waals surface area contributed by atoms with Gasteiger partial charge in [-0.05, 0) is 50.9 Å². The third kappa shape index (κ3) is 3.29. The first-order chi connectivity index (χ1) is 13.5. The molecular weight excluding hydrogens is 354 g/mol. The van der Waals surface area contributed by atoms with Crippen LogP contribution in [0.4, 0.5) is 0 Å². The number of aromatic nitrogens is 1. The SMILES string of the molecule is COc1cc2c3c(c(=O)n(C)c2cc1OC)CN(CC(C)N1CCCC1)CC3. The van der Waals surface area contributed by atoms with Crippen LogP contribution in [0.15, 0.2) is 16.9 Å². The van der Waals surface area contributed by atoms with Crippen molar-refractivity contribution >= 4 is 10.9 Å². The molecule has 0 radical (unpaired) electrons. The van der Waals surface area contributed by atoms with E-state index in [1.807, 2.05) is 19.2 Å². The minimum Gasteiger partial charge on any atom is -0.493 e. The zero-order valence-corrected chi connectivity index (χ0v) is 17.5. The van der Waals surface area contributed by atoms with Gasteiger partial charge in [-0.15, -0.1) is 0 Å². The highest BCUT2D eigenvalue weighted by Crippen LogP contribution is 2.35. The van der Waals surface area contributed by atoms with Gasteiger partial charge in [-0.2, -0.15) is 0 Å². The zero-order chi connectivity index (χ0) is 19.8. The van der Waals surface area contributed by atoms with E-state index in [9.17, 15) is 4.79 Å². The Kier molecular flexibility index (Phi) is 5.34. The van der Waals surface area contributed by atoms with Gasteiger partial charge in [0.05, 0.1) is 19.7 Å². The Bertz CT molecular complexity index is 931. The van der Waals surface area contributed by atoms with Crippen molar-refractivity contribution < 1.29 is 9.47 Å². The summed E-state index contributed by atoms with van der Waals surface area (Å²) in [4.78, 5) is 18.1. The number of hydrogen-bond acceptors (Lipinski definition) is 5. The predicted molar refractivity (Wildman–Crippen MR) is 112 cm³/mol. The molecule has 0 saturated carbocycles. The number of rotatable bonds is 5. The lowest BCUT2D eigenvalue weighted by molar-refractivity contribution is 0.161. The number of benzene rings is 1. The van der Waals surface area contributed by atoms with Crippen LogP contribution in [0.3, 0.4) is 0 Å². The lowest BCUT2D eigenvalue weighted by atomic mass is 9.95. The number of likely N-dealkylation sites (tertiary alicyclic amines) is 1. The molecule has 1 fully saturated rings. The first-order valence-electron chi connectivity index (χ1n) is 10.3. The number of nitrogens with zero attached hydrogens (tertiary/aromatic N) is 3. The molecule has 1 aromatic heterocycles. The van der Waals surface area contributed by atoms with Crippen LogP contribution in [0.25, 0.3) is 10.9 Å². The second kappa shape index (κ2) is 7.76. The number of hydrogen-bond donors (Lipinski definition) is 0. The van der Waals surface area contributed by atoms with Gasteiger partial charge in [0.2, 0.25) is 0 Å². The quantitative estimate of drug-likeness (QED) is 0.791. The van der Waals surface area contributed by atoms with Crippen LogP contribution >= 0.6 is 0 Å². The highest BCUT2D eigenvalue weighted by Gasteiger charge is 2.26. The molecule has 2 aromatic rings. The maximum atomic E-state index is 13.1. The molecule has 1 saturated heterocycles.